The van der Waals surface area contributed by atoms with Gasteiger partial charge in [-0.2, -0.15) is 0 Å². The lowest BCUT2D eigenvalue weighted by Crippen LogP contribution is -2.33. The molecule has 1 aromatic heterocycles. The molecular weight excluding hydrogens is 287 g/mol. The summed E-state index contributed by atoms with van der Waals surface area (Å²) < 4.78 is 13.7. The number of aryl methyl sites for hydroxylation is 1. The third-order valence-electron chi connectivity index (χ3n) is 4.44. The zero-order valence-corrected chi connectivity index (χ0v) is 12.8. The van der Waals surface area contributed by atoms with Gasteiger partial charge in [-0.3, -0.25) is 0 Å². The van der Waals surface area contributed by atoms with Crippen molar-refractivity contribution in [3.8, 4) is 0 Å². The molecule has 3 rings (SSSR count). The molecule has 1 aromatic carbocycles. The molecule has 1 heterocycles. The first-order valence-corrected chi connectivity index (χ1v) is 7.77. The zero-order chi connectivity index (χ0) is 14.9. The summed E-state index contributed by atoms with van der Waals surface area (Å²) in [4.78, 5) is 8.72. The molecule has 0 unspecified atom stereocenters. The Labute approximate surface area is 129 Å². The molecule has 110 valence electrons. The minimum atomic E-state index is -0.514. The Kier molecular flexibility index (Phi) is 3.94. The van der Waals surface area contributed by atoms with Crippen molar-refractivity contribution in [1.82, 2.24) is 9.97 Å². The maximum atomic E-state index is 13.7. The Morgan fingerprint density at radius 2 is 1.71 bits per heavy atom. The highest BCUT2D eigenvalue weighted by atomic mass is 35.5. The molecule has 2 nitrogen and oxygen atoms in total. The van der Waals surface area contributed by atoms with Crippen LogP contribution in [0.3, 0.4) is 0 Å². The van der Waals surface area contributed by atoms with Crippen molar-refractivity contribution >= 4 is 11.6 Å². The SMILES string of the molecule is Cc1nc(C2(c3ccccc3)CCCCC2)nc(Cl)c1F. The van der Waals surface area contributed by atoms with E-state index in [0.29, 0.717) is 11.5 Å². The molecule has 0 aliphatic heterocycles. The van der Waals surface area contributed by atoms with Crippen LogP contribution < -0.4 is 0 Å². The Morgan fingerprint density at radius 1 is 1.05 bits per heavy atom. The van der Waals surface area contributed by atoms with E-state index < -0.39 is 5.82 Å². The van der Waals surface area contributed by atoms with Crippen molar-refractivity contribution in [3.63, 3.8) is 0 Å². The Morgan fingerprint density at radius 3 is 2.33 bits per heavy atom. The Balaban J connectivity index is 2.17. The van der Waals surface area contributed by atoms with E-state index in [2.05, 4.69) is 22.1 Å². The lowest BCUT2D eigenvalue weighted by atomic mass is 9.68. The zero-order valence-electron chi connectivity index (χ0n) is 12.1. The van der Waals surface area contributed by atoms with Gasteiger partial charge in [-0.1, -0.05) is 61.2 Å². The maximum Gasteiger partial charge on any atom is 0.181 e. The molecule has 21 heavy (non-hydrogen) atoms. The van der Waals surface area contributed by atoms with Crippen LogP contribution in [-0.4, -0.2) is 9.97 Å². The monoisotopic (exact) mass is 304 g/mol. The van der Waals surface area contributed by atoms with Gasteiger partial charge in [-0.25, -0.2) is 14.4 Å². The summed E-state index contributed by atoms with van der Waals surface area (Å²) in [6.07, 6.45) is 5.46. The number of benzene rings is 1. The summed E-state index contributed by atoms with van der Waals surface area (Å²) in [7, 11) is 0. The van der Waals surface area contributed by atoms with Gasteiger partial charge in [0.2, 0.25) is 0 Å². The molecular formula is C17H18ClFN2. The van der Waals surface area contributed by atoms with E-state index in [9.17, 15) is 4.39 Å². The Bertz CT molecular complexity index is 613. The molecule has 4 heteroatoms. The van der Waals surface area contributed by atoms with Crippen LogP contribution >= 0.6 is 11.6 Å². The highest BCUT2D eigenvalue weighted by molar-refractivity contribution is 6.29. The second kappa shape index (κ2) is 5.72. The molecule has 1 aliphatic carbocycles. The lowest BCUT2D eigenvalue weighted by molar-refractivity contribution is 0.328. The van der Waals surface area contributed by atoms with Gasteiger partial charge in [0.15, 0.2) is 11.0 Å². The third-order valence-corrected chi connectivity index (χ3v) is 4.69. The van der Waals surface area contributed by atoms with Crippen LogP contribution in [0.25, 0.3) is 0 Å². The lowest BCUT2D eigenvalue weighted by Gasteiger charge is -2.36. The van der Waals surface area contributed by atoms with E-state index in [4.69, 9.17) is 11.6 Å². The van der Waals surface area contributed by atoms with Gasteiger partial charge in [0, 0.05) is 0 Å². The first-order valence-electron chi connectivity index (χ1n) is 7.39. The van der Waals surface area contributed by atoms with Crippen molar-refractivity contribution in [1.29, 1.82) is 0 Å². The summed E-state index contributed by atoms with van der Waals surface area (Å²) in [6.45, 7) is 1.65. The number of hydrogen-bond donors (Lipinski definition) is 0. The third kappa shape index (κ3) is 2.55. The molecule has 0 amide bonds. The van der Waals surface area contributed by atoms with Crippen LogP contribution in [0.2, 0.25) is 5.15 Å². The molecule has 0 N–H and O–H groups in total. The minimum Gasteiger partial charge on any atom is -0.234 e. The fourth-order valence-electron chi connectivity index (χ4n) is 3.29. The van der Waals surface area contributed by atoms with Crippen LogP contribution in [-0.2, 0) is 5.41 Å². The molecule has 0 atom stereocenters. The van der Waals surface area contributed by atoms with E-state index in [-0.39, 0.29) is 10.6 Å². The van der Waals surface area contributed by atoms with Gasteiger partial charge in [-0.05, 0) is 25.3 Å². The normalized spacial score (nSPS) is 17.7. The van der Waals surface area contributed by atoms with Gasteiger partial charge in [0.05, 0.1) is 11.1 Å². The standard InChI is InChI=1S/C17H18ClFN2/c1-12-14(19)15(18)21-16(20-12)17(10-6-3-7-11-17)13-8-4-2-5-9-13/h2,4-5,8-9H,3,6-7,10-11H2,1H3. The fourth-order valence-corrected chi connectivity index (χ4v) is 3.51. The average molecular weight is 305 g/mol. The molecule has 0 bridgehead atoms. The van der Waals surface area contributed by atoms with Crippen LogP contribution in [0.4, 0.5) is 4.39 Å². The van der Waals surface area contributed by atoms with E-state index in [0.717, 1.165) is 25.7 Å². The number of halogens is 2. The second-order valence-electron chi connectivity index (χ2n) is 5.75. The van der Waals surface area contributed by atoms with Gasteiger partial charge < -0.3 is 0 Å². The molecule has 2 aromatic rings. The molecule has 1 fully saturated rings. The second-order valence-corrected chi connectivity index (χ2v) is 6.10. The first-order chi connectivity index (χ1) is 10.1. The topological polar surface area (TPSA) is 25.8 Å². The number of nitrogens with zero attached hydrogens (tertiary/aromatic N) is 2. The summed E-state index contributed by atoms with van der Waals surface area (Å²) in [5.74, 6) is 0.150. The van der Waals surface area contributed by atoms with Crippen LogP contribution in [0, 0.1) is 12.7 Å². The molecule has 0 spiro atoms. The van der Waals surface area contributed by atoms with Gasteiger partial charge in [-0.15, -0.1) is 0 Å². The van der Waals surface area contributed by atoms with Crippen molar-refractivity contribution in [3.05, 3.63) is 58.4 Å². The smallest absolute Gasteiger partial charge is 0.181 e. The van der Waals surface area contributed by atoms with Crippen molar-refractivity contribution in [2.45, 2.75) is 44.4 Å². The van der Waals surface area contributed by atoms with Crippen LogP contribution in [0.15, 0.2) is 30.3 Å². The van der Waals surface area contributed by atoms with E-state index in [1.807, 2.05) is 18.2 Å². The largest absolute Gasteiger partial charge is 0.234 e. The number of rotatable bonds is 2. The van der Waals surface area contributed by atoms with E-state index in [1.165, 1.54) is 12.0 Å². The van der Waals surface area contributed by atoms with Gasteiger partial charge >= 0.3 is 0 Å². The number of hydrogen-bond acceptors (Lipinski definition) is 2. The summed E-state index contributed by atoms with van der Waals surface area (Å²) >= 11 is 5.96. The highest BCUT2D eigenvalue weighted by Crippen LogP contribution is 2.43. The Hall–Kier alpha value is -1.48. The fraction of sp³-hybridized carbons (Fsp3) is 0.412. The van der Waals surface area contributed by atoms with E-state index >= 15 is 0 Å². The molecule has 1 saturated carbocycles. The quantitative estimate of drug-likeness (QED) is 0.743. The highest BCUT2D eigenvalue weighted by Gasteiger charge is 2.39. The molecule has 0 saturated heterocycles. The number of aromatic nitrogens is 2. The molecule has 1 aliphatic rings. The summed E-state index contributed by atoms with van der Waals surface area (Å²) in [6, 6.07) is 10.3. The summed E-state index contributed by atoms with van der Waals surface area (Å²) in [5.41, 5.74) is 1.29. The van der Waals surface area contributed by atoms with E-state index in [1.54, 1.807) is 6.92 Å². The van der Waals surface area contributed by atoms with Crippen molar-refractivity contribution in [2.24, 2.45) is 0 Å². The van der Waals surface area contributed by atoms with Crippen molar-refractivity contribution < 1.29 is 4.39 Å². The minimum absolute atomic E-state index is 0.0709. The first kappa shape index (κ1) is 14.5. The molecule has 0 radical (unpaired) electrons. The van der Waals surface area contributed by atoms with Crippen LogP contribution in [0.1, 0.15) is 49.2 Å². The predicted octanol–water partition coefficient (Wildman–Crippen LogP) is 4.83. The maximum absolute atomic E-state index is 13.7. The van der Waals surface area contributed by atoms with Crippen LogP contribution in [0.5, 0.6) is 0 Å². The van der Waals surface area contributed by atoms with Gasteiger partial charge in [0.25, 0.3) is 0 Å². The van der Waals surface area contributed by atoms with Crippen molar-refractivity contribution in [2.75, 3.05) is 0 Å². The predicted molar refractivity (Wildman–Crippen MR) is 82.0 cm³/mol. The average Bonchev–Trinajstić information content (AvgIpc) is 2.53. The van der Waals surface area contributed by atoms with Gasteiger partial charge in [0.1, 0.15) is 5.82 Å². The summed E-state index contributed by atoms with van der Waals surface area (Å²) in [5, 5.41) is -0.0709.